The third kappa shape index (κ3) is 2.91. The Hall–Kier alpha value is -2.66. The van der Waals surface area contributed by atoms with Crippen LogP contribution in [0.15, 0.2) is 42.1 Å². The number of carbonyl (C=O) groups is 1. The van der Waals surface area contributed by atoms with Crippen LogP contribution in [0.1, 0.15) is 30.5 Å². The van der Waals surface area contributed by atoms with E-state index in [1.165, 1.54) is 27.7 Å². The number of primary amides is 1. The molecule has 0 spiro atoms. The number of rotatable bonds is 5. The molecule has 2 aromatic carbocycles. The summed E-state index contributed by atoms with van der Waals surface area (Å²) in [5, 5.41) is 5.92. The molecule has 128 valence electrons. The lowest BCUT2D eigenvalue weighted by molar-refractivity contribution is -0.114. The highest BCUT2D eigenvalue weighted by Crippen LogP contribution is 2.49. The molecule has 1 aliphatic rings. The summed E-state index contributed by atoms with van der Waals surface area (Å²) in [5.41, 5.74) is 13.8. The fourth-order valence-electron chi connectivity index (χ4n) is 3.41. The number of amides is 1. The molecule has 4 nitrogen and oxygen atoms in total. The van der Waals surface area contributed by atoms with Gasteiger partial charge in [-0.05, 0) is 46.0 Å². The molecule has 1 amide bonds. The maximum Gasteiger partial charge on any atom is 0.265 e. The summed E-state index contributed by atoms with van der Waals surface area (Å²) in [6, 6.07) is 12.7. The summed E-state index contributed by atoms with van der Waals surface area (Å²) in [4.78, 5) is 11.5. The standard InChI is InChI=1S/C20H21N3OS/c1-20(2)16-8-12(9-18(19(21)24)23-11-25)4-6-14(16)15-7-5-13(22-3)10-17(15)20/h4-11,22H,1-3H3,(H2,21,24)(H,23,25)/b18-9-. The average molecular weight is 351 g/mol. The molecule has 3 rings (SSSR count). The minimum absolute atomic E-state index is 0.119. The molecular formula is C20H21N3OS. The van der Waals surface area contributed by atoms with Gasteiger partial charge in [-0.2, -0.15) is 0 Å². The van der Waals surface area contributed by atoms with E-state index < -0.39 is 5.91 Å². The van der Waals surface area contributed by atoms with Gasteiger partial charge in [-0.15, -0.1) is 0 Å². The maximum absolute atomic E-state index is 11.5. The third-order valence-electron chi connectivity index (χ3n) is 4.78. The van der Waals surface area contributed by atoms with Crippen LogP contribution in [0, 0.1) is 0 Å². The van der Waals surface area contributed by atoms with Crippen LogP contribution >= 0.6 is 12.2 Å². The highest BCUT2D eigenvalue weighted by atomic mass is 32.1. The fourth-order valence-corrected chi connectivity index (χ4v) is 3.54. The molecule has 25 heavy (non-hydrogen) atoms. The van der Waals surface area contributed by atoms with Crippen molar-refractivity contribution < 1.29 is 4.79 Å². The van der Waals surface area contributed by atoms with E-state index in [0.29, 0.717) is 0 Å². The number of carbonyl (C=O) groups excluding carboxylic acids is 1. The van der Waals surface area contributed by atoms with Gasteiger partial charge in [0.05, 0.1) is 5.49 Å². The minimum atomic E-state index is -0.539. The molecule has 0 saturated carbocycles. The first kappa shape index (κ1) is 17.2. The van der Waals surface area contributed by atoms with Gasteiger partial charge in [0.15, 0.2) is 0 Å². The fraction of sp³-hybridized carbons (Fsp3) is 0.200. The highest BCUT2D eigenvalue weighted by molar-refractivity contribution is 7.78. The zero-order valence-corrected chi connectivity index (χ0v) is 15.3. The number of hydrogen-bond acceptors (Lipinski definition) is 3. The van der Waals surface area contributed by atoms with E-state index in [2.05, 4.69) is 54.8 Å². The lowest BCUT2D eigenvalue weighted by atomic mass is 9.82. The van der Waals surface area contributed by atoms with Crippen molar-refractivity contribution in [3.8, 4) is 11.1 Å². The SMILES string of the molecule is CNc1ccc2c(c1)C(C)(C)c1cc(/C=C(\NC=S)C(N)=O)ccc1-2. The molecular weight excluding hydrogens is 330 g/mol. The summed E-state index contributed by atoms with van der Waals surface area (Å²) < 4.78 is 0. The summed E-state index contributed by atoms with van der Waals surface area (Å²) >= 11 is 4.76. The Morgan fingerprint density at radius 2 is 1.76 bits per heavy atom. The first-order chi connectivity index (χ1) is 11.9. The number of fused-ring (bicyclic) bond motifs is 3. The average Bonchev–Trinajstić information content (AvgIpc) is 2.81. The molecule has 0 atom stereocenters. The van der Waals surface area contributed by atoms with Crippen LogP contribution < -0.4 is 16.4 Å². The smallest absolute Gasteiger partial charge is 0.265 e. The van der Waals surface area contributed by atoms with Crippen LogP contribution in [0.5, 0.6) is 0 Å². The number of thiocarbonyl (C=S) groups is 1. The van der Waals surface area contributed by atoms with Gasteiger partial charge in [0.1, 0.15) is 5.70 Å². The molecule has 0 aromatic heterocycles. The second kappa shape index (κ2) is 6.33. The van der Waals surface area contributed by atoms with Crippen LogP contribution in [0.4, 0.5) is 5.69 Å². The van der Waals surface area contributed by atoms with Gasteiger partial charge in [-0.25, -0.2) is 0 Å². The van der Waals surface area contributed by atoms with Crippen LogP contribution in [-0.2, 0) is 10.2 Å². The Labute approximate surface area is 153 Å². The molecule has 0 bridgehead atoms. The first-order valence-corrected chi connectivity index (χ1v) is 8.54. The molecule has 5 heteroatoms. The third-order valence-corrected chi connectivity index (χ3v) is 4.90. The van der Waals surface area contributed by atoms with E-state index in [0.717, 1.165) is 11.3 Å². The quantitative estimate of drug-likeness (QED) is 0.570. The summed E-state index contributed by atoms with van der Waals surface area (Å²) in [5.74, 6) is -0.539. The lowest BCUT2D eigenvalue weighted by Gasteiger charge is -2.22. The van der Waals surface area contributed by atoms with Crippen molar-refractivity contribution in [2.45, 2.75) is 19.3 Å². The molecule has 0 saturated heterocycles. The van der Waals surface area contributed by atoms with E-state index in [-0.39, 0.29) is 11.1 Å². The van der Waals surface area contributed by atoms with Gasteiger partial charge in [-0.1, -0.05) is 50.3 Å². The second-order valence-corrected chi connectivity index (χ2v) is 6.86. The Kier molecular flexibility index (Phi) is 4.35. The van der Waals surface area contributed by atoms with Crippen LogP contribution in [0.25, 0.3) is 17.2 Å². The largest absolute Gasteiger partial charge is 0.388 e. The van der Waals surface area contributed by atoms with Gasteiger partial charge in [-0.3, -0.25) is 4.79 Å². The normalized spacial score (nSPS) is 14.4. The number of nitrogens with two attached hydrogens (primary N) is 1. The minimum Gasteiger partial charge on any atom is -0.388 e. The molecule has 1 aliphatic carbocycles. The van der Waals surface area contributed by atoms with Gasteiger partial charge in [0.25, 0.3) is 5.91 Å². The van der Waals surface area contributed by atoms with Crippen molar-refractivity contribution >= 4 is 35.4 Å². The summed E-state index contributed by atoms with van der Waals surface area (Å²) in [7, 11) is 1.92. The van der Waals surface area contributed by atoms with Crippen molar-refractivity contribution in [3.05, 3.63) is 58.8 Å². The highest BCUT2D eigenvalue weighted by Gasteiger charge is 2.35. The molecule has 0 heterocycles. The Morgan fingerprint density at radius 1 is 1.12 bits per heavy atom. The van der Waals surface area contributed by atoms with Crippen molar-refractivity contribution in [1.29, 1.82) is 0 Å². The Balaban J connectivity index is 2.11. The van der Waals surface area contributed by atoms with Gasteiger partial charge < -0.3 is 16.4 Å². The van der Waals surface area contributed by atoms with E-state index in [1.54, 1.807) is 6.08 Å². The van der Waals surface area contributed by atoms with E-state index >= 15 is 0 Å². The van der Waals surface area contributed by atoms with E-state index in [1.807, 2.05) is 13.1 Å². The van der Waals surface area contributed by atoms with Crippen molar-refractivity contribution in [1.82, 2.24) is 5.32 Å². The summed E-state index contributed by atoms with van der Waals surface area (Å²) in [6.07, 6.45) is 1.73. The number of hydrogen-bond donors (Lipinski definition) is 3. The van der Waals surface area contributed by atoms with Crippen molar-refractivity contribution in [2.24, 2.45) is 5.73 Å². The zero-order chi connectivity index (χ0) is 18.2. The molecule has 0 fully saturated rings. The maximum atomic E-state index is 11.5. The van der Waals surface area contributed by atoms with E-state index in [4.69, 9.17) is 18.0 Å². The molecule has 4 N–H and O–H groups in total. The van der Waals surface area contributed by atoms with E-state index in [9.17, 15) is 4.79 Å². The van der Waals surface area contributed by atoms with Gasteiger partial charge in [0.2, 0.25) is 0 Å². The van der Waals surface area contributed by atoms with Gasteiger partial charge in [0, 0.05) is 18.2 Å². The topological polar surface area (TPSA) is 67.2 Å². The Morgan fingerprint density at radius 3 is 2.36 bits per heavy atom. The second-order valence-electron chi connectivity index (χ2n) is 6.62. The first-order valence-electron chi connectivity index (χ1n) is 8.07. The van der Waals surface area contributed by atoms with Crippen LogP contribution in [0.2, 0.25) is 0 Å². The Bertz CT molecular complexity index is 900. The van der Waals surface area contributed by atoms with Gasteiger partial charge >= 0.3 is 0 Å². The molecule has 0 radical (unpaired) electrons. The number of anilines is 1. The predicted molar refractivity (Wildman–Crippen MR) is 108 cm³/mol. The lowest BCUT2D eigenvalue weighted by Crippen LogP contribution is -2.24. The van der Waals surface area contributed by atoms with Crippen LogP contribution in [-0.4, -0.2) is 18.4 Å². The molecule has 0 aliphatic heterocycles. The zero-order valence-electron chi connectivity index (χ0n) is 14.5. The van der Waals surface area contributed by atoms with Crippen molar-refractivity contribution in [3.63, 3.8) is 0 Å². The summed E-state index contributed by atoms with van der Waals surface area (Å²) in [6.45, 7) is 4.43. The predicted octanol–water partition coefficient (Wildman–Crippen LogP) is 3.41. The number of nitrogens with one attached hydrogen (secondary N) is 2. The molecule has 0 unspecified atom stereocenters. The van der Waals surface area contributed by atoms with Crippen molar-refractivity contribution in [2.75, 3.05) is 12.4 Å². The van der Waals surface area contributed by atoms with Crippen LogP contribution in [0.3, 0.4) is 0 Å². The molecule has 2 aromatic rings. The number of benzene rings is 2. The monoisotopic (exact) mass is 351 g/mol.